The first-order valence-corrected chi connectivity index (χ1v) is 8.87. The molecule has 1 aliphatic rings. The van der Waals surface area contributed by atoms with Crippen molar-refractivity contribution in [2.45, 2.75) is 26.2 Å². The van der Waals surface area contributed by atoms with Gasteiger partial charge in [-0.15, -0.1) is 0 Å². The first-order valence-electron chi connectivity index (χ1n) is 8.87. The summed E-state index contributed by atoms with van der Waals surface area (Å²) in [6.45, 7) is 10.7. The Hall–Kier alpha value is -2.27. The maximum absolute atomic E-state index is 12.5. The fourth-order valence-corrected chi connectivity index (χ4v) is 3.21. The molecule has 1 amide bonds. The van der Waals surface area contributed by atoms with E-state index in [0.717, 1.165) is 37.4 Å². The molecule has 0 aliphatic carbocycles. The Morgan fingerprint density at radius 2 is 1.84 bits per heavy atom. The molecule has 5 nitrogen and oxygen atoms in total. The van der Waals surface area contributed by atoms with Gasteiger partial charge in [0.05, 0.1) is 5.56 Å². The average Bonchev–Trinajstić information content (AvgIpc) is 3.09. The molecule has 134 valence electrons. The number of nitrogens with one attached hydrogen (secondary N) is 2. The van der Waals surface area contributed by atoms with Crippen LogP contribution in [0.5, 0.6) is 0 Å². The fraction of sp³-hybridized carbons (Fsp3) is 0.450. The van der Waals surface area contributed by atoms with Crippen LogP contribution in [-0.4, -0.2) is 49.0 Å². The van der Waals surface area contributed by atoms with Crippen molar-refractivity contribution in [1.82, 2.24) is 9.88 Å². The standard InChI is InChI=1S/C20H28N4O/c1-20(2,3)17-6-5-16(24-11-9-23(4)10-12-24)13-18(17)22-19(25)15-7-8-21-14-15/h5-8,13-14,21H,9-12H2,1-4H3,(H,22,25). The zero-order valence-electron chi connectivity index (χ0n) is 15.6. The second-order valence-corrected chi connectivity index (χ2v) is 7.82. The number of carbonyl (C=O) groups is 1. The molecule has 25 heavy (non-hydrogen) atoms. The molecule has 0 saturated carbocycles. The Bertz CT molecular complexity index is 723. The number of piperazine rings is 1. The number of likely N-dealkylation sites (N-methyl/N-ethyl adjacent to an activating group) is 1. The zero-order chi connectivity index (χ0) is 18.0. The lowest BCUT2D eigenvalue weighted by molar-refractivity contribution is 0.102. The number of carbonyl (C=O) groups excluding carboxylic acids is 1. The second-order valence-electron chi connectivity index (χ2n) is 7.82. The molecule has 1 aliphatic heterocycles. The zero-order valence-corrected chi connectivity index (χ0v) is 15.6. The molecule has 1 fully saturated rings. The predicted octanol–water partition coefficient (Wildman–Crippen LogP) is 3.32. The highest BCUT2D eigenvalue weighted by Crippen LogP contribution is 2.33. The van der Waals surface area contributed by atoms with Crippen molar-refractivity contribution in [3.05, 3.63) is 47.8 Å². The molecule has 0 unspecified atom stereocenters. The number of nitrogens with zero attached hydrogens (tertiary/aromatic N) is 2. The van der Waals surface area contributed by atoms with Gasteiger partial charge >= 0.3 is 0 Å². The largest absolute Gasteiger partial charge is 0.369 e. The lowest BCUT2D eigenvalue weighted by atomic mass is 9.85. The van der Waals surface area contributed by atoms with Crippen molar-refractivity contribution in [3.8, 4) is 0 Å². The smallest absolute Gasteiger partial charge is 0.257 e. The van der Waals surface area contributed by atoms with Crippen LogP contribution in [-0.2, 0) is 5.41 Å². The molecule has 1 aromatic carbocycles. The number of aromatic amines is 1. The Labute approximate surface area is 150 Å². The lowest BCUT2D eigenvalue weighted by Crippen LogP contribution is -2.44. The summed E-state index contributed by atoms with van der Waals surface area (Å²) in [5.41, 5.74) is 3.82. The van der Waals surface area contributed by atoms with E-state index in [0.29, 0.717) is 5.56 Å². The summed E-state index contributed by atoms with van der Waals surface area (Å²) in [5, 5.41) is 3.11. The monoisotopic (exact) mass is 340 g/mol. The lowest BCUT2D eigenvalue weighted by Gasteiger charge is -2.35. The van der Waals surface area contributed by atoms with Crippen LogP contribution in [0.4, 0.5) is 11.4 Å². The normalized spacial score (nSPS) is 16.1. The summed E-state index contributed by atoms with van der Waals surface area (Å²) in [4.78, 5) is 20.2. The molecule has 0 radical (unpaired) electrons. The number of hydrogen-bond acceptors (Lipinski definition) is 3. The molecule has 2 aromatic rings. The highest BCUT2D eigenvalue weighted by Gasteiger charge is 2.22. The molecule has 1 aromatic heterocycles. The minimum Gasteiger partial charge on any atom is -0.369 e. The molecule has 2 heterocycles. The van der Waals surface area contributed by atoms with Crippen LogP contribution in [0.1, 0.15) is 36.7 Å². The fourth-order valence-electron chi connectivity index (χ4n) is 3.21. The number of benzene rings is 1. The van der Waals surface area contributed by atoms with Gasteiger partial charge in [0.1, 0.15) is 0 Å². The van der Waals surface area contributed by atoms with Gasteiger partial charge in [0.25, 0.3) is 5.91 Å². The Balaban J connectivity index is 1.89. The van der Waals surface area contributed by atoms with E-state index in [9.17, 15) is 4.79 Å². The maximum Gasteiger partial charge on any atom is 0.257 e. The quantitative estimate of drug-likeness (QED) is 0.901. The third-order valence-corrected chi connectivity index (χ3v) is 4.79. The predicted molar refractivity (Wildman–Crippen MR) is 104 cm³/mol. The minimum absolute atomic E-state index is 0.0403. The summed E-state index contributed by atoms with van der Waals surface area (Å²) in [6.07, 6.45) is 3.48. The van der Waals surface area contributed by atoms with Crippen LogP contribution in [0.15, 0.2) is 36.7 Å². The summed E-state index contributed by atoms with van der Waals surface area (Å²) in [7, 11) is 2.16. The van der Waals surface area contributed by atoms with E-state index in [-0.39, 0.29) is 11.3 Å². The van der Waals surface area contributed by atoms with Gasteiger partial charge in [-0.25, -0.2) is 0 Å². The summed E-state index contributed by atoms with van der Waals surface area (Å²) >= 11 is 0. The molecular weight excluding hydrogens is 312 g/mol. The molecule has 5 heteroatoms. The van der Waals surface area contributed by atoms with E-state index in [1.807, 2.05) is 0 Å². The molecule has 2 N–H and O–H groups in total. The summed E-state index contributed by atoms with van der Waals surface area (Å²) in [6, 6.07) is 8.24. The molecule has 0 spiro atoms. The number of hydrogen-bond donors (Lipinski definition) is 2. The van der Waals surface area contributed by atoms with Crippen LogP contribution in [0.25, 0.3) is 0 Å². The Morgan fingerprint density at radius 3 is 2.44 bits per heavy atom. The third kappa shape index (κ3) is 4.04. The van der Waals surface area contributed by atoms with E-state index in [4.69, 9.17) is 0 Å². The number of anilines is 2. The number of amides is 1. The highest BCUT2D eigenvalue weighted by atomic mass is 16.1. The SMILES string of the molecule is CN1CCN(c2ccc(C(C)(C)C)c(NC(=O)c3cc[nH]c3)c2)CC1. The number of H-pyrrole nitrogens is 1. The van der Waals surface area contributed by atoms with Gasteiger partial charge in [-0.2, -0.15) is 0 Å². The van der Waals surface area contributed by atoms with E-state index in [1.54, 1.807) is 18.5 Å². The van der Waals surface area contributed by atoms with Crippen LogP contribution in [0, 0.1) is 0 Å². The van der Waals surface area contributed by atoms with Crippen molar-refractivity contribution < 1.29 is 4.79 Å². The van der Waals surface area contributed by atoms with Gasteiger partial charge in [0, 0.05) is 49.9 Å². The van der Waals surface area contributed by atoms with Crippen molar-refractivity contribution in [1.29, 1.82) is 0 Å². The molecule has 1 saturated heterocycles. The van der Waals surface area contributed by atoms with Gasteiger partial charge in [-0.3, -0.25) is 4.79 Å². The molecule has 0 atom stereocenters. The van der Waals surface area contributed by atoms with Crippen LogP contribution in [0.3, 0.4) is 0 Å². The number of aromatic nitrogens is 1. The first-order chi connectivity index (χ1) is 11.8. The van der Waals surface area contributed by atoms with Crippen LogP contribution in [0.2, 0.25) is 0 Å². The van der Waals surface area contributed by atoms with Crippen molar-refractivity contribution >= 4 is 17.3 Å². The third-order valence-electron chi connectivity index (χ3n) is 4.79. The first kappa shape index (κ1) is 17.5. The van der Waals surface area contributed by atoms with Crippen molar-refractivity contribution in [2.24, 2.45) is 0 Å². The van der Waals surface area contributed by atoms with E-state index in [1.165, 1.54) is 5.69 Å². The topological polar surface area (TPSA) is 51.4 Å². The van der Waals surface area contributed by atoms with E-state index >= 15 is 0 Å². The van der Waals surface area contributed by atoms with Gasteiger partial charge in [0.15, 0.2) is 0 Å². The molecule has 3 rings (SSSR count). The van der Waals surface area contributed by atoms with E-state index < -0.39 is 0 Å². The summed E-state index contributed by atoms with van der Waals surface area (Å²) < 4.78 is 0. The summed E-state index contributed by atoms with van der Waals surface area (Å²) in [5.74, 6) is -0.0812. The maximum atomic E-state index is 12.5. The Kier molecular flexibility index (Phi) is 4.86. The average molecular weight is 340 g/mol. The minimum atomic E-state index is -0.0812. The van der Waals surface area contributed by atoms with Gasteiger partial charge < -0.3 is 20.1 Å². The number of rotatable bonds is 3. The van der Waals surface area contributed by atoms with Crippen LogP contribution >= 0.6 is 0 Å². The van der Waals surface area contributed by atoms with Crippen molar-refractivity contribution in [3.63, 3.8) is 0 Å². The molecular formula is C20H28N4O. The highest BCUT2D eigenvalue weighted by molar-refractivity contribution is 6.04. The van der Waals surface area contributed by atoms with Crippen LogP contribution < -0.4 is 10.2 Å². The molecule has 0 bridgehead atoms. The van der Waals surface area contributed by atoms with Crippen molar-refractivity contribution in [2.75, 3.05) is 43.4 Å². The van der Waals surface area contributed by atoms with Gasteiger partial charge in [-0.1, -0.05) is 26.8 Å². The van der Waals surface area contributed by atoms with Gasteiger partial charge in [-0.05, 0) is 36.2 Å². The van der Waals surface area contributed by atoms with E-state index in [2.05, 4.69) is 66.1 Å². The second kappa shape index (κ2) is 6.92. The van der Waals surface area contributed by atoms with Gasteiger partial charge in [0.2, 0.25) is 0 Å². The Morgan fingerprint density at radius 1 is 1.12 bits per heavy atom.